The van der Waals surface area contributed by atoms with Crippen LogP contribution in [0.3, 0.4) is 0 Å². The Morgan fingerprint density at radius 2 is 2.23 bits per heavy atom. The SMILES string of the molecule is C=C(C)CN1CCc2ccccc21. The standard InChI is InChI=1S/C12H15N/c1-10(2)9-13-8-7-11-5-3-4-6-12(11)13/h3-6H,1,7-9H2,2H3. The molecule has 0 atom stereocenters. The van der Waals surface area contributed by atoms with Crippen LogP contribution in [-0.2, 0) is 6.42 Å². The summed E-state index contributed by atoms with van der Waals surface area (Å²) in [6.07, 6.45) is 1.18. The Morgan fingerprint density at radius 3 is 3.00 bits per heavy atom. The van der Waals surface area contributed by atoms with Gasteiger partial charge in [0.25, 0.3) is 0 Å². The van der Waals surface area contributed by atoms with Crippen molar-refractivity contribution in [1.82, 2.24) is 0 Å². The number of hydrogen-bond acceptors (Lipinski definition) is 1. The molecule has 0 amide bonds. The molecule has 68 valence electrons. The van der Waals surface area contributed by atoms with Gasteiger partial charge in [-0.15, -0.1) is 0 Å². The summed E-state index contributed by atoms with van der Waals surface area (Å²) in [6.45, 7) is 8.18. The van der Waals surface area contributed by atoms with E-state index in [0.717, 1.165) is 13.1 Å². The molecule has 0 saturated carbocycles. The molecule has 0 aromatic heterocycles. The van der Waals surface area contributed by atoms with Crippen molar-refractivity contribution in [3.05, 3.63) is 42.0 Å². The topological polar surface area (TPSA) is 3.24 Å². The van der Waals surface area contributed by atoms with Gasteiger partial charge in [0.05, 0.1) is 0 Å². The van der Waals surface area contributed by atoms with Gasteiger partial charge in [0.1, 0.15) is 0 Å². The lowest BCUT2D eigenvalue weighted by Crippen LogP contribution is -2.21. The predicted molar refractivity (Wildman–Crippen MR) is 57.2 cm³/mol. The molecule has 0 bridgehead atoms. The molecule has 1 heterocycles. The second-order valence-corrected chi connectivity index (χ2v) is 3.76. The highest BCUT2D eigenvalue weighted by Gasteiger charge is 2.17. The van der Waals surface area contributed by atoms with Gasteiger partial charge in [-0.05, 0) is 25.0 Å². The number of nitrogens with zero attached hydrogens (tertiary/aromatic N) is 1. The quantitative estimate of drug-likeness (QED) is 0.621. The molecule has 1 aromatic rings. The van der Waals surface area contributed by atoms with Crippen molar-refractivity contribution in [3.63, 3.8) is 0 Å². The molecule has 0 unspecified atom stereocenters. The third-order valence-corrected chi connectivity index (χ3v) is 2.44. The van der Waals surface area contributed by atoms with Gasteiger partial charge in [0.2, 0.25) is 0 Å². The lowest BCUT2D eigenvalue weighted by molar-refractivity contribution is 0.881. The van der Waals surface area contributed by atoms with E-state index in [-0.39, 0.29) is 0 Å². The molecule has 1 aliphatic heterocycles. The van der Waals surface area contributed by atoms with Crippen LogP contribution in [0.1, 0.15) is 12.5 Å². The number of benzene rings is 1. The summed E-state index contributed by atoms with van der Waals surface area (Å²) in [5.74, 6) is 0. The second kappa shape index (κ2) is 3.25. The summed E-state index contributed by atoms with van der Waals surface area (Å²) in [6, 6.07) is 8.64. The molecule has 2 rings (SSSR count). The maximum absolute atomic E-state index is 3.95. The van der Waals surface area contributed by atoms with Gasteiger partial charge in [-0.2, -0.15) is 0 Å². The Balaban J connectivity index is 2.23. The average molecular weight is 173 g/mol. The molecule has 1 heteroatoms. The van der Waals surface area contributed by atoms with Gasteiger partial charge in [-0.1, -0.05) is 30.4 Å². The van der Waals surface area contributed by atoms with Crippen LogP contribution in [0.15, 0.2) is 36.4 Å². The summed E-state index contributed by atoms with van der Waals surface area (Å²) in [7, 11) is 0. The van der Waals surface area contributed by atoms with Crippen molar-refractivity contribution in [2.45, 2.75) is 13.3 Å². The van der Waals surface area contributed by atoms with Gasteiger partial charge in [-0.25, -0.2) is 0 Å². The molecule has 0 aliphatic carbocycles. The van der Waals surface area contributed by atoms with Gasteiger partial charge >= 0.3 is 0 Å². The number of hydrogen-bond donors (Lipinski definition) is 0. The van der Waals surface area contributed by atoms with E-state index in [1.807, 2.05) is 0 Å². The smallest absolute Gasteiger partial charge is 0.0402 e. The monoisotopic (exact) mass is 173 g/mol. The Kier molecular flexibility index (Phi) is 2.09. The Labute approximate surface area is 79.7 Å². The molecule has 1 nitrogen and oxygen atoms in total. The first-order valence-corrected chi connectivity index (χ1v) is 4.74. The summed E-state index contributed by atoms with van der Waals surface area (Å²) in [5.41, 5.74) is 4.10. The van der Waals surface area contributed by atoms with E-state index in [2.05, 4.69) is 42.7 Å². The molecule has 0 radical (unpaired) electrons. The Morgan fingerprint density at radius 1 is 1.46 bits per heavy atom. The lowest BCUT2D eigenvalue weighted by Gasteiger charge is -2.18. The molecule has 0 fully saturated rings. The fourth-order valence-electron chi connectivity index (χ4n) is 1.90. The van der Waals surface area contributed by atoms with Crippen molar-refractivity contribution in [2.75, 3.05) is 18.0 Å². The molecular formula is C12H15N. The second-order valence-electron chi connectivity index (χ2n) is 3.76. The lowest BCUT2D eigenvalue weighted by atomic mass is 10.2. The summed E-state index contributed by atoms with van der Waals surface area (Å²) in [5, 5.41) is 0. The Bertz CT molecular complexity index is 328. The number of rotatable bonds is 2. The number of para-hydroxylation sites is 1. The molecule has 0 saturated heterocycles. The molecule has 0 spiro atoms. The fourth-order valence-corrected chi connectivity index (χ4v) is 1.90. The highest BCUT2D eigenvalue weighted by Crippen LogP contribution is 2.27. The normalized spacial score (nSPS) is 14.4. The van der Waals surface area contributed by atoms with Crippen LogP contribution >= 0.6 is 0 Å². The van der Waals surface area contributed by atoms with Crippen molar-refractivity contribution in [3.8, 4) is 0 Å². The molecule has 0 N–H and O–H groups in total. The van der Waals surface area contributed by atoms with E-state index in [1.54, 1.807) is 0 Å². The van der Waals surface area contributed by atoms with Crippen molar-refractivity contribution >= 4 is 5.69 Å². The van der Waals surface area contributed by atoms with Crippen LogP contribution in [0, 0.1) is 0 Å². The van der Waals surface area contributed by atoms with E-state index in [0.29, 0.717) is 0 Å². The van der Waals surface area contributed by atoms with Gasteiger partial charge in [-0.3, -0.25) is 0 Å². The minimum absolute atomic E-state index is 0.997. The summed E-state index contributed by atoms with van der Waals surface area (Å²) in [4.78, 5) is 2.40. The van der Waals surface area contributed by atoms with Crippen LogP contribution in [0.4, 0.5) is 5.69 Å². The van der Waals surface area contributed by atoms with Crippen LogP contribution in [0.5, 0.6) is 0 Å². The van der Waals surface area contributed by atoms with E-state index >= 15 is 0 Å². The minimum Gasteiger partial charge on any atom is -0.367 e. The van der Waals surface area contributed by atoms with E-state index < -0.39 is 0 Å². The highest BCUT2D eigenvalue weighted by molar-refractivity contribution is 5.58. The maximum atomic E-state index is 3.95. The zero-order valence-electron chi connectivity index (χ0n) is 8.09. The molecular weight excluding hydrogens is 158 g/mol. The Hall–Kier alpha value is -1.24. The first-order valence-electron chi connectivity index (χ1n) is 4.74. The van der Waals surface area contributed by atoms with Gasteiger partial charge < -0.3 is 4.90 Å². The third kappa shape index (κ3) is 1.59. The van der Waals surface area contributed by atoms with Crippen LogP contribution in [0.25, 0.3) is 0 Å². The van der Waals surface area contributed by atoms with Crippen molar-refractivity contribution in [1.29, 1.82) is 0 Å². The van der Waals surface area contributed by atoms with Gasteiger partial charge in [0.15, 0.2) is 0 Å². The fraction of sp³-hybridized carbons (Fsp3) is 0.333. The summed E-state index contributed by atoms with van der Waals surface area (Å²) >= 11 is 0. The zero-order chi connectivity index (χ0) is 9.26. The van der Waals surface area contributed by atoms with Crippen molar-refractivity contribution in [2.24, 2.45) is 0 Å². The van der Waals surface area contributed by atoms with E-state index in [4.69, 9.17) is 0 Å². The zero-order valence-corrected chi connectivity index (χ0v) is 8.09. The number of anilines is 1. The molecule has 1 aliphatic rings. The summed E-state index contributed by atoms with van der Waals surface area (Å²) < 4.78 is 0. The van der Waals surface area contributed by atoms with E-state index in [1.165, 1.54) is 23.2 Å². The molecule has 13 heavy (non-hydrogen) atoms. The first-order chi connectivity index (χ1) is 6.27. The highest BCUT2D eigenvalue weighted by atomic mass is 15.1. The maximum Gasteiger partial charge on any atom is 0.0402 e. The van der Waals surface area contributed by atoms with E-state index in [9.17, 15) is 0 Å². The number of fused-ring (bicyclic) bond motifs is 1. The third-order valence-electron chi connectivity index (χ3n) is 2.44. The minimum atomic E-state index is 0.997. The van der Waals surface area contributed by atoms with Crippen LogP contribution in [0.2, 0.25) is 0 Å². The largest absolute Gasteiger partial charge is 0.367 e. The first kappa shape index (κ1) is 8.36. The average Bonchev–Trinajstić information content (AvgIpc) is 2.48. The molecule has 1 aromatic carbocycles. The van der Waals surface area contributed by atoms with Crippen molar-refractivity contribution < 1.29 is 0 Å². The van der Waals surface area contributed by atoms with Crippen LogP contribution < -0.4 is 4.90 Å². The predicted octanol–water partition coefficient (Wildman–Crippen LogP) is 2.63. The van der Waals surface area contributed by atoms with Crippen LogP contribution in [-0.4, -0.2) is 13.1 Å². The van der Waals surface area contributed by atoms with Gasteiger partial charge in [0, 0.05) is 18.8 Å².